The molecule has 0 unspecified atom stereocenters. The van der Waals surface area contributed by atoms with E-state index in [-0.39, 0.29) is 40.6 Å². The van der Waals surface area contributed by atoms with Crippen LogP contribution < -0.4 is 67.0 Å². The zero-order valence-electron chi connectivity index (χ0n) is 25.6. The van der Waals surface area contributed by atoms with Gasteiger partial charge in [0.15, 0.2) is 0 Å². The summed E-state index contributed by atoms with van der Waals surface area (Å²) in [5, 5.41) is 3.95. The minimum absolute atomic E-state index is 0. The molecule has 3 aromatic rings. The number of halogens is 3. The number of hydrogen-bond acceptors (Lipinski definition) is 3. The van der Waals surface area contributed by atoms with Gasteiger partial charge in [0, 0.05) is 0 Å². The van der Waals surface area contributed by atoms with Crippen molar-refractivity contribution < 1.29 is 71.9 Å². The van der Waals surface area contributed by atoms with Gasteiger partial charge in [-0.2, -0.15) is 0 Å². The van der Waals surface area contributed by atoms with Crippen molar-refractivity contribution in [1.82, 2.24) is 0 Å². The maximum atomic E-state index is 5.88. The fourth-order valence-electron chi connectivity index (χ4n) is 6.37. The van der Waals surface area contributed by atoms with Gasteiger partial charge in [0.05, 0.1) is 0 Å². The fraction of sp³-hybridized carbons (Fsp3) is 0.333. The van der Waals surface area contributed by atoms with E-state index in [2.05, 4.69) is 123 Å². The molecule has 41 heavy (non-hydrogen) atoms. The van der Waals surface area contributed by atoms with Crippen molar-refractivity contribution in [2.75, 3.05) is 21.3 Å². The second kappa shape index (κ2) is 14.2. The average molecular weight is 666 g/mol. The Bertz CT molecular complexity index is 1330. The molecule has 0 aromatic heterocycles. The molecule has 0 saturated heterocycles. The number of allylic oxidation sites excluding steroid dienone is 4. The first kappa shape index (κ1) is 37.4. The molecule has 4 rings (SSSR count). The Morgan fingerprint density at radius 2 is 0.756 bits per heavy atom. The van der Waals surface area contributed by atoms with Gasteiger partial charge in [-0.05, 0) is 0 Å². The second-order valence-corrected chi connectivity index (χ2v) is 16.7. The van der Waals surface area contributed by atoms with Crippen LogP contribution in [0.15, 0.2) is 76.9 Å². The Hall–Kier alpha value is -1.66. The van der Waals surface area contributed by atoms with Gasteiger partial charge in [-0.15, -0.1) is 0 Å². The molecule has 218 valence electrons. The topological polar surface area (TPSA) is 27.7 Å². The largest absolute Gasteiger partial charge is 1.00 e. The van der Waals surface area contributed by atoms with E-state index in [9.17, 15) is 0 Å². The first-order valence-corrected chi connectivity index (χ1v) is 15.8. The molecule has 0 fully saturated rings. The standard InChI is InChI=1S/C33H39O3Si.3ClH.Ti/c1-20-11-27(34-8)17-30(14-20)37(31-15-21(2)12-28(18-31)35-9,32-16-22(3)13-29(19-32)36-10)33-25(6)23(4)24(5)26(33)7;;;;/h11-19H,1-10H3;3*1H;/q;;;;+3/p-3. The summed E-state index contributed by atoms with van der Waals surface area (Å²) < 4.78 is 17.4. The van der Waals surface area contributed by atoms with Gasteiger partial charge in [-0.1, -0.05) is 0 Å². The van der Waals surface area contributed by atoms with Crippen LogP contribution in [0.2, 0.25) is 3.34 Å². The van der Waals surface area contributed by atoms with Gasteiger partial charge in [0.25, 0.3) is 0 Å². The van der Waals surface area contributed by atoms with Crippen LogP contribution in [0.3, 0.4) is 0 Å². The predicted octanol–water partition coefficient (Wildman–Crippen LogP) is -2.95. The van der Waals surface area contributed by atoms with E-state index in [1.54, 1.807) is 21.3 Å². The monoisotopic (exact) mass is 664 g/mol. The van der Waals surface area contributed by atoms with Gasteiger partial charge in [-0.25, -0.2) is 0 Å². The maximum absolute atomic E-state index is 5.88. The van der Waals surface area contributed by atoms with Crippen LogP contribution in [0.5, 0.6) is 17.2 Å². The summed E-state index contributed by atoms with van der Waals surface area (Å²) in [5.41, 5.74) is 9.21. The summed E-state index contributed by atoms with van der Waals surface area (Å²) in [7, 11) is 2.36. The Morgan fingerprint density at radius 3 is 1.00 bits per heavy atom. The molecule has 1 aliphatic rings. The van der Waals surface area contributed by atoms with Crippen molar-refractivity contribution in [3.05, 3.63) is 93.6 Å². The number of rotatable bonds is 7. The first-order chi connectivity index (χ1) is 17.9. The van der Waals surface area contributed by atoms with Gasteiger partial charge in [0.2, 0.25) is 0 Å². The molecule has 0 heterocycles. The van der Waals surface area contributed by atoms with Crippen LogP contribution in [0.4, 0.5) is 0 Å². The summed E-state index contributed by atoms with van der Waals surface area (Å²) in [5.74, 6) is 2.65. The number of benzene rings is 3. The van der Waals surface area contributed by atoms with E-state index < -0.39 is 8.07 Å². The van der Waals surface area contributed by atoms with Crippen molar-refractivity contribution >= 4 is 23.6 Å². The minimum Gasteiger partial charge on any atom is -1.00 e. The molecule has 0 saturated carbocycles. The molecule has 3 aromatic carbocycles. The van der Waals surface area contributed by atoms with E-state index in [0.717, 1.165) is 17.2 Å². The SMILES string of the molecule is COc1cc(C)cc([Si](c2cc(C)cc(OC)c2)(c2cc(C)cc(OC)c2)[C]2([Ti+3])C(C)=C(C)C(C)=C2C)c1.[Cl-].[Cl-].[Cl-]. The van der Waals surface area contributed by atoms with Crippen LogP contribution >= 0.6 is 0 Å². The smallest absolute Gasteiger partial charge is 1.00 e. The van der Waals surface area contributed by atoms with E-state index >= 15 is 0 Å². The van der Waals surface area contributed by atoms with Crippen molar-refractivity contribution in [3.63, 3.8) is 0 Å². The Kier molecular flexibility index (Phi) is 12.9. The van der Waals surface area contributed by atoms with Crippen LogP contribution in [0.25, 0.3) is 0 Å². The van der Waals surface area contributed by atoms with E-state index in [4.69, 9.17) is 14.2 Å². The van der Waals surface area contributed by atoms with Crippen molar-refractivity contribution in [3.8, 4) is 17.2 Å². The summed E-state index contributed by atoms with van der Waals surface area (Å²) in [6, 6.07) is 20.3. The fourth-order valence-corrected chi connectivity index (χ4v) is 15.2. The average Bonchev–Trinajstić information content (AvgIpc) is 3.03. The molecule has 1 aliphatic carbocycles. The van der Waals surface area contributed by atoms with Crippen molar-refractivity contribution in [2.24, 2.45) is 0 Å². The molecule has 0 aliphatic heterocycles. The molecular formula is C33H39Cl3O3SiTi. The quantitative estimate of drug-likeness (QED) is 0.200. The molecule has 3 nitrogen and oxygen atoms in total. The molecule has 0 bridgehead atoms. The molecule has 0 amide bonds. The van der Waals surface area contributed by atoms with Gasteiger partial charge < -0.3 is 37.2 Å². The van der Waals surface area contributed by atoms with Crippen LogP contribution in [-0.4, -0.2) is 29.4 Å². The summed E-state index contributed by atoms with van der Waals surface area (Å²) in [4.78, 5) is 0. The third kappa shape index (κ3) is 6.07. The predicted molar refractivity (Wildman–Crippen MR) is 157 cm³/mol. The third-order valence-electron chi connectivity index (χ3n) is 8.53. The van der Waals surface area contributed by atoms with E-state index in [1.807, 2.05) is 0 Å². The van der Waals surface area contributed by atoms with Crippen molar-refractivity contribution in [2.45, 2.75) is 51.8 Å². The molecule has 8 heteroatoms. The van der Waals surface area contributed by atoms with Crippen LogP contribution in [-0.2, 0) is 20.4 Å². The maximum Gasteiger partial charge on any atom is -1.00 e. The Labute approximate surface area is 277 Å². The van der Waals surface area contributed by atoms with E-state index in [0.29, 0.717) is 0 Å². The summed E-state index contributed by atoms with van der Waals surface area (Å²) >= 11 is 2.47. The van der Waals surface area contributed by atoms with Gasteiger partial charge in [0.1, 0.15) is 0 Å². The van der Waals surface area contributed by atoms with Gasteiger partial charge in [-0.3, -0.25) is 0 Å². The third-order valence-corrected chi connectivity index (χ3v) is 16.8. The zero-order valence-corrected chi connectivity index (χ0v) is 30.4. The number of ether oxygens (including phenoxy) is 3. The Morgan fingerprint density at radius 1 is 0.488 bits per heavy atom. The van der Waals surface area contributed by atoms with E-state index in [1.165, 1.54) is 54.5 Å². The van der Waals surface area contributed by atoms with Gasteiger partial charge >= 0.3 is 242 Å². The molecule has 0 N–H and O–H groups in total. The zero-order chi connectivity index (χ0) is 28.0. The number of hydrogen-bond donors (Lipinski definition) is 0. The summed E-state index contributed by atoms with van der Waals surface area (Å²) in [6.45, 7) is 15.7. The molecule has 0 atom stereocenters. The Balaban J connectivity index is 0.00000280. The number of aryl methyl sites for hydroxylation is 3. The molecule has 0 radical (unpaired) electrons. The van der Waals surface area contributed by atoms with Crippen LogP contribution in [0, 0.1) is 20.8 Å². The summed E-state index contributed by atoms with van der Waals surface area (Å²) in [6.07, 6.45) is 0. The molecular weight excluding hydrogens is 627 g/mol. The number of methoxy groups -OCH3 is 3. The molecule has 0 spiro atoms. The van der Waals surface area contributed by atoms with Crippen LogP contribution in [0.1, 0.15) is 44.4 Å². The first-order valence-electron chi connectivity index (χ1n) is 13.0. The van der Waals surface area contributed by atoms with Crippen molar-refractivity contribution in [1.29, 1.82) is 0 Å². The minimum atomic E-state index is -2.92. The normalized spacial score (nSPS) is 14.1. The second-order valence-electron chi connectivity index (χ2n) is 10.7.